The molecule has 0 fully saturated rings. The van der Waals surface area contributed by atoms with E-state index in [9.17, 15) is 0 Å². The Labute approximate surface area is 120 Å². The number of halogens is 1. The molecule has 6 heteroatoms. The van der Waals surface area contributed by atoms with Gasteiger partial charge in [-0.3, -0.25) is 4.68 Å². The fraction of sp³-hybridized carbons (Fsp3) is 0.308. The lowest BCUT2D eigenvalue weighted by Crippen LogP contribution is -1.97. The molecule has 0 saturated heterocycles. The van der Waals surface area contributed by atoms with Crippen LogP contribution in [0.5, 0.6) is 11.5 Å². The van der Waals surface area contributed by atoms with Gasteiger partial charge < -0.3 is 15.2 Å². The Kier molecular flexibility index (Phi) is 3.99. The molecule has 1 aromatic carbocycles. The van der Waals surface area contributed by atoms with Crippen molar-refractivity contribution in [2.24, 2.45) is 7.05 Å². The number of aryl methyl sites for hydroxylation is 1. The van der Waals surface area contributed by atoms with Crippen LogP contribution in [0.3, 0.4) is 0 Å². The van der Waals surface area contributed by atoms with Crippen molar-refractivity contribution in [3.05, 3.63) is 22.7 Å². The number of nitrogens with zero attached hydrogens (tertiary/aromatic N) is 2. The molecule has 0 bridgehead atoms. The minimum absolute atomic E-state index is 0.566. The zero-order chi connectivity index (χ0) is 14.0. The van der Waals surface area contributed by atoms with Crippen LogP contribution in [0.1, 0.15) is 6.92 Å². The third kappa shape index (κ3) is 2.68. The second kappa shape index (κ2) is 5.52. The topological polar surface area (TPSA) is 62.3 Å². The van der Waals surface area contributed by atoms with Crippen LogP contribution in [0.15, 0.2) is 22.7 Å². The summed E-state index contributed by atoms with van der Waals surface area (Å²) in [6.07, 6.45) is 0. The quantitative estimate of drug-likeness (QED) is 0.938. The number of nitrogen functional groups attached to an aromatic ring is 1. The first-order valence-electron chi connectivity index (χ1n) is 5.87. The molecule has 0 radical (unpaired) electrons. The van der Waals surface area contributed by atoms with Gasteiger partial charge in [-0.1, -0.05) is 0 Å². The van der Waals surface area contributed by atoms with Crippen molar-refractivity contribution in [2.75, 3.05) is 19.5 Å². The van der Waals surface area contributed by atoms with E-state index in [2.05, 4.69) is 21.0 Å². The van der Waals surface area contributed by atoms with E-state index in [0.717, 1.165) is 15.7 Å². The van der Waals surface area contributed by atoms with Crippen LogP contribution in [-0.4, -0.2) is 23.5 Å². The molecule has 0 aliphatic carbocycles. The Morgan fingerprint density at radius 1 is 1.37 bits per heavy atom. The zero-order valence-electron chi connectivity index (χ0n) is 11.1. The van der Waals surface area contributed by atoms with E-state index in [1.807, 2.05) is 25.1 Å². The lowest BCUT2D eigenvalue weighted by atomic mass is 10.1. The van der Waals surface area contributed by atoms with Crippen molar-refractivity contribution < 1.29 is 9.47 Å². The molecule has 0 amide bonds. The number of rotatable bonds is 4. The molecule has 0 saturated carbocycles. The molecule has 0 unspecified atom stereocenters. The number of benzene rings is 1. The average molecular weight is 326 g/mol. The average Bonchev–Trinajstić information content (AvgIpc) is 2.70. The smallest absolute Gasteiger partial charge is 0.174 e. The molecule has 1 heterocycles. The fourth-order valence-electron chi connectivity index (χ4n) is 1.80. The summed E-state index contributed by atoms with van der Waals surface area (Å²) in [5.74, 6) is 1.97. The summed E-state index contributed by atoms with van der Waals surface area (Å²) in [6.45, 7) is 2.50. The van der Waals surface area contributed by atoms with Crippen molar-refractivity contribution in [3.8, 4) is 22.8 Å². The van der Waals surface area contributed by atoms with Gasteiger partial charge in [0, 0.05) is 18.7 Å². The lowest BCUT2D eigenvalue weighted by Gasteiger charge is -2.12. The SMILES string of the molecule is CCOc1cc(-c2cc(N)n(C)n2)cc(Br)c1OC. The highest BCUT2D eigenvalue weighted by Gasteiger charge is 2.14. The Balaban J connectivity index is 2.52. The van der Waals surface area contributed by atoms with Crippen LogP contribution in [0.4, 0.5) is 5.82 Å². The minimum Gasteiger partial charge on any atom is -0.492 e. The number of anilines is 1. The van der Waals surface area contributed by atoms with Crippen LogP contribution in [0.25, 0.3) is 11.3 Å². The molecule has 0 spiro atoms. The fourth-order valence-corrected chi connectivity index (χ4v) is 2.40. The van der Waals surface area contributed by atoms with Gasteiger partial charge in [0.15, 0.2) is 11.5 Å². The summed E-state index contributed by atoms with van der Waals surface area (Å²) in [6, 6.07) is 5.65. The maximum absolute atomic E-state index is 5.80. The van der Waals surface area contributed by atoms with Crippen LogP contribution in [0, 0.1) is 0 Å². The van der Waals surface area contributed by atoms with E-state index in [1.54, 1.807) is 18.8 Å². The highest BCUT2D eigenvalue weighted by molar-refractivity contribution is 9.10. The van der Waals surface area contributed by atoms with Crippen molar-refractivity contribution in [1.82, 2.24) is 9.78 Å². The van der Waals surface area contributed by atoms with Gasteiger partial charge in [-0.05, 0) is 35.0 Å². The Morgan fingerprint density at radius 3 is 2.63 bits per heavy atom. The number of methoxy groups -OCH3 is 1. The third-order valence-corrected chi connectivity index (χ3v) is 3.31. The van der Waals surface area contributed by atoms with E-state index >= 15 is 0 Å². The number of nitrogens with two attached hydrogens (primary N) is 1. The van der Waals surface area contributed by atoms with E-state index in [1.165, 1.54) is 0 Å². The predicted octanol–water partition coefficient (Wildman–Crippen LogP) is 2.84. The summed E-state index contributed by atoms with van der Waals surface area (Å²) in [7, 11) is 3.42. The van der Waals surface area contributed by atoms with E-state index in [-0.39, 0.29) is 0 Å². The summed E-state index contributed by atoms with van der Waals surface area (Å²) < 4.78 is 13.4. The Hall–Kier alpha value is -1.69. The summed E-state index contributed by atoms with van der Waals surface area (Å²) in [5, 5.41) is 4.35. The number of aromatic nitrogens is 2. The second-order valence-electron chi connectivity index (χ2n) is 4.00. The summed E-state index contributed by atoms with van der Waals surface area (Å²) in [5.41, 5.74) is 7.52. The molecule has 2 aromatic rings. The van der Waals surface area contributed by atoms with Crippen molar-refractivity contribution in [3.63, 3.8) is 0 Å². The van der Waals surface area contributed by atoms with Gasteiger partial charge in [-0.25, -0.2) is 0 Å². The highest BCUT2D eigenvalue weighted by Crippen LogP contribution is 2.39. The largest absolute Gasteiger partial charge is 0.492 e. The predicted molar refractivity (Wildman–Crippen MR) is 78.5 cm³/mol. The van der Waals surface area contributed by atoms with E-state index in [0.29, 0.717) is 23.9 Å². The zero-order valence-corrected chi connectivity index (χ0v) is 12.7. The molecule has 19 heavy (non-hydrogen) atoms. The molecular weight excluding hydrogens is 310 g/mol. The molecule has 0 atom stereocenters. The van der Waals surface area contributed by atoms with E-state index < -0.39 is 0 Å². The van der Waals surface area contributed by atoms with Gasteiger partial charge in [0.05, 0.1) is 23.9 Å². The van der Waals surface area contributed by atoms with Crippen molar-refractivity contribution in [2.45, 2.75) is 6.92 Å². The lowest BCUT2D eigenvalue weighted by molar-refractivity contribution is 0.310. The normalized spacial score (nSPS) is 10.5. The first-order chi connectivity index (χ1) is 9.06. The van der Waals surface area contributed by atoms with Gasteiger partial charge in [0.2, 0.25) is 0 Å². The van der Waals surface area contributed by atoms with Gasteiger partial charge in [-0.2, -0.15) is 5.10 Å². The second-order valence-corrected chi connectivity index (χ2v) is 4.85. The molecule has 1 aromatic heterocycles. The third-order valence-electron chi connectivity index (χ3n) is 2.73. The minimum atomic E-state index is 0.566. The van der Waals surface area contributed by atoms with Gasteiger partial charge in [0.1, 0.15) is 5.82 Å². The summed E-state index contributed by atoms with van der Waals surface area (Å²) in [4.78, 5) is 0. The number of hydrogen-bond donors (Lipinski definition) is 1. The molecule has 102 valence electrons. The molecule has 2 rings (SSSR count). The molecule has 0 aliphatic rings. The Bertz CT molecular complexity index is 576. The number of hydrogen-bond acceptors (Lipinski definition) is 4. The summed E-state index contributed by atoms with van der Waals surface area (Å²) >= 11 is 3.48. The van der Waals surface area contributed by atoms with Gasteiger partial charge in [-0.15, -0.1) is 0 Å². The molecule has 2 N–H and O–H groups in total. The van der Waals surface area contributed by atoms with Crippen LogP contribution < -0.4 is 15.2 Å². The Morgan fingerprint density at radius 2 is 2.11 bits per heavy atom. The monoisotopic (exact) mass is 325 g/mol. The standard InChI is InChI=1S/C13H16BrN3O2/c1-4-19-11-6-8(5-9(14)13(11)18-3)10-7-12(15)17(2)16-10/h5-7H,4,15H2,1-3H3. The van der Waals surface area contributed by atoms with Crippen molar-refractivity contribution >= 4 is 21.7 Å². The molecular formula is C13H16BrN3O2. The first kappa shape index (κ1) is 13.7. The van der Waals surface area contributed by atoms with E-state index in [4.69, 9.17) is 15.2 Å². The maximum atomic E-state index is 5.80. The maximum Gasteiger partial charge on any atom is 0.174 e. The van der Waals surface area contributed by atoms with Gasteiger partial charge >= 0.3 is 0 Å². The highest BCUT2D eigenvalue weighted by atomic mass is 79.9. The van der Waals surface area contributed by atoms with Crippen molar-refractivity contribution in [1.29, 1.82) is 0 Å². The van der Waals surface area contributed by atoms with Crippen LogP contribution in [0.2, 0.25) is 0 Å². The number of ether oxygens (including phenoxy) is 2. The molecule has 0 aliphatic heterocycles. The van der Waals surface area contributed by atoms with Gasteiger partial charge in [0.25, 0.3) is 0 Å². The van der Waals surface area contributed by atoms with Crippen LogP contribution in [-0.2, 0) is 7.05 Å². The molecule has 5 nitrogen and oxygen atoms in total. The first-order valence-corrected chi connectivity index (χ1v) is 6.66. The van der Waals surface area contributed by atoms with Crippen LogP contribution >= 0.6 is 15.9 Å².